The highest BCUT2D eigenvalue weighted by molar-refractivity contribution is 7.71. The zero-order valence-electron chi connectivity index (χ0n) is 10.6. The van der Waals surface area contributed by atoms with Gasteiger partial charge in [-0.25, -0.2) is 4.98 Å². The second-order valence-electron chi connectivity index (χ2n) is 4.80. The third kappa shape index (κ3) is 1.96. The molecule has 4 nitrogen and oxygen atoms in total. The Balaban J connectivity index is 1.89. The standard InChI is InChI=1S/C14H12N4S2/c19-14-9-7-15-3-1-10(9)17-13(18-14)8-5-12-11(16-6-8)2-4-20-12/h2,4-6,15H,1,3,7H2,(H,17,18,19). The highest BCUT2D eigenvalue weighted by Crippen LogP contribution is 2.25. The fraction of sp³-hybridized carbons (Fsp3) is 0.214. The first-order valence-corrected chi connectivity index (χ1v) is 7.76. The van der Waals surface area contributed by atoms with E-state index in [1.807, 2.05) is 12.3 Å². The Bertz CT molecular complexity index is 850. The fourth-order valence-electron chi connectivity index (χ4n) is 2.48. The monoisotopic (exact) mass is 300 g/mol. The largest absolute Gasteiger partial charge is 0.343 e. The van der Waals surface area contributed by atoms with Crippen molar-refractivity contribution in [2.75, 3.05) is 6.54 Å². The predicted octanol–water partition coefficient (Wildman–Crippen LogP) is 3.06. The summed E-state index contributed by atoms with van der Waals surface area (Å²) in [7, 11) is 0. The van der Waals surface area contributed by atoms with Crippen molar-refractivity contribution in [2.24, 2.45) is 0 Å². The Morgan fingerprint density at radius 1 is 1.35 bits per heavy atom. The number of pyridine rings is 1. The highest BCUT2D eigenvalue weighted by Gasteiger charge is 2.14. The molecule has 0 spiro atoms. The lowest BCUT2D eigenvalue weighted by Gasteiger charge is -2.17. The number of thiophene rings is 1. The van der Waals surface area contributed by atoms with Crippen molar-refractivity contribution in [1.82, 2.24) is 20.3 Å². The summed E-state index contributed by atoms with van der Waals surface area (Å²) in [5, 5.41) is 5.38. The van der Waals surface area contributed by atoms with Gasteiger partial charge >= 0.3 is 0 Å². The molecule has 2 N–H and O–H groups in total. The van der Waals surface area contributed by atoms with Crippen molar-refractivity contribution >= 4 is 33.8 Å². The number of rotatable bonds is 1. The number of fused-ring (bicyclic) bond motifs is 2. The van der Waals surface area contributed by atoms with Crippen LogP contribution in [0.1, 0.15) is 11.3 Å². The average molecular weight is 300 g/mol. The molecular formula is C14H12N4S2. The third-order valence-corrected chi connectivity index (χ3v) is 4.73. The van der Waals surface area contributed by atoms with E-state index < -0.39 is 0 Å². The zero-order chi connectivity index (χ0) is 13.5. The fourth-order valence-corrected chi connectivity index (χ4v) is 3.55. The summed E-state index contributed by atoms with van der Waals surface area (Å²) in [6.07, 6.45) is 2.82. The van der Waals surface area contributed by atoms with E-state index in [-0.39, 0.29) is 0 Å². The van der Waals surface area contributed by atoms with Gasteiger partial charge in [0.15, 0.2) is 0 Å². The van der Waals surface area contributed by atoms with Crippen LogP contribution in [0.5, 0.6) is 0 Å². The summed E-state index contributed by atoms with van der Waals surface area (Å²) in [5.74, 6) is 0.818. The topological polar surface area (TPSA) is 53.6 Å². The number of aromatic nitrogens is 3. The van der Waals surface area contributed by atoms with Crippen molar-refractivity contribution < 1.29 is 0 Å². The Morgan fingerprint density at radius 3 is 3.25 bits per heavy atom. The van der Waals surface area contributed by atoms with E-state index >= 15 is 0 Å². The molecule has 0 aromatic carbocycles. The maximum atomic E-state index is 5.42. The number of hydrogen-bond acceptors (Lipinski definition) is 5. The van der Waals surface area contributed by atoms with Crippen LogP contribution < -0.4 is 5.32 Å². The lowest BCUT2D eigenvalue weighted by molar-refractivity contribution is 0.624. The zero-order valence-corrected chi connectivity index (χ0v) is 12.3. The molecule has 0 saturated carbocycles. The van der Waals surface area contributed by atoms with E-state index in [1.165, 1.54) is 10.4 Å². The summed E-state index contributed by atoms with van der Waals surface area (Å²) < 4.78 is 1.86. The number of nitrogens with zero attached hydrogens (tertiary/aromatic N) is 2. The Kier molecular flexibility index (Phi) is 2.87. The van der Waals surface area contributed by atoms with Crippen LogP contribution in [-0.4, -0.2) is 21.5 Å². The molecule has 4 rings (SSSR count). The normalized spacial score (nSPS) is 14.4. The highest BCUT2D eigenvalue weighted by atomic mass is 32.1. The quantitative estimate of drug-likeness (QED) is 0.678. The summed E-state index contributed by atoms with van der Waals surface area (Å²) in [6, 6.07) is 4.14. The SMILES string of the molecule is S=c1nc(-c2cnc3ccsc3c2)[nH]c2c1CNCC2. The molecule has 0 radical (unpaired) electrons. The van der Waals surface area contributed by atoms with Gasteiger partial charge in [-0.1, -0.05) is 12.2 Å². The Hall–Kier alpha value is -1.63. The van der Waals surface area contributed by atoms with E-state index in [4.69, 9.17) is 12.2 Å². The van der Waals surface area contributed by atoms with Crippen LogP contribution in [0.4, 0.5) is 0 Å². The van der Waals surface area contributed by atoms with Crippen molar-refractivity contribution in [2.45, 2.75) is 13.0 Å². The number of hydrogen-bond donors (Lipinski definition) is 2. The number of aromatic amines is 1. The molecule has 6 heteroatoms. The molecule has 0 unspecified atom stereocenters. The van der Waals surface area contributed by atoms with Crippen LogP contribution in [0, 0.1) is 4.64 Å². The van der Waals surface area contributed by atoms with Gasteiger partial charge in [-0.2, -0.15) is 0 Å². The molecule has 0 bridgehead atoms. The van der Waals surface area contributed by atoms with Crippen LogP contribution in [0.3, 0.4) is 0 Å². The molecule has 3 aromatic heterocycles. The molecule has 0 fully saturated rings. The van der Waals surface area contributed by atoms with Crippen molar-refractivity contribution in [3.63, 3.8) is 0 Å². The minimum absolute atomic E-state index is 0.687. The molecular weight excluding hydrogens is 288 g/mol. The predicted molar refractivity (Wildman–Crippen MR) is 83.4 cm³/mol. The Labute approximate surface area is 124 Å². The van der Waals surface area contributed by atoms with Gasteiger partial charge in [0.2, 0.25) is 0 Å². The summed E-state index contributed by atoms with van der Waals surface area (Å²) in [4.78, 5) is 12.4. The van der Waals surface area contributed by atoms with Gasteiger partial charge in [-0.15, -0.1) is 11.3 Å². The second-order valence-corrected chi connectivity index (χ2v) is 6.14. The van der Waals surface area contributed by atoms with Crippen molar-refractivity contribution in [3.05, 3.63) is 39.6 Å². The van der Waals surface area contributed by atoms with Crippen LogP contribution in [-0.2, 0) is 13.0 Å². The van der Waals surface area contributed by atoms with E-state index in [1.54, 1.807) is 11.3 Å². The summed E-state index contributed by atoms with van der Waals surface area (Å²) in [6.45, 7) is 1.78. The van der Waals surface area contributed by atoms with Gasteiger partial charge in [0.1, 0.15) is 10.5 Å². The van der Waals surface area contributed by atoms with E-state index in [0.29, 0.717) is 4.64 Å². The van der Waals surface area contributed by atoms with Crippen LogP contribution in [0.2, 0.25) is 0 Å². The summed E-state index contributed by atoms with van der Waals surface area (Å²) >= 11 is 7.11. The van der Waals surface area contributed by atoms with E-state index in [9.17, 15) is 0 Å². The first-order chi connectivity index (χ1) is 9.81. The van der Waals surface area contributed by atoms with Gasteiger partial charge in [0, 0.05) is 42.5 Å². The van der Waals surface area contributed by atoms with Crippen molar-refractivity contribution in [1.29, 1.82) is 0 Å². The van der Waals surface area contributed by atoms with Crippen LogP contribution in [0.25, 0.3) is 21.6 Å². The molecule has 1 aliphatic rings. The Morgan fingerprint density at radius 2 is 2.30 bits per heavy atom. The smallest absolute Gasteiger partial charge is 0.140 e. The van der Waals surface area contributed by atoms with E-state index in [0.717, 1.165) is 42.0 Å². The molecule has 0 aliphatic carbocycles. The maximum absolute atomic E-state index is 5.42. The molecule has 3 aromatic rings. The van der Waals surface area contributed by atoms with Crippen LogP contribution in [0.15, 0.2) is 23.7 Å². The van der Waals surface area contributed by atoms with Gasteiger partial charge in [-0.05, 0) is 17.5 Å². The third-order valence-electron chi connectivity index (χ3n) is 3.53. The molecule has 1 aliphatic heterocycles. The van der Waals surface area contributed by atoms with Crippen LogP contribution >= 0.6 is 23.6 Å². The molecule has 4 heterocycles. The van der Waals surface area contributed by atoms with Gasteiger partial charge in [-0.3, -0.25) is 4.98 Å². The lowest BCUT2D eigenvalue weighted by atomic mass is 10.1. The lowest BCUT2D eigenvalue weighted by Crippen LogP contribution is -2.25. The first kappa shape index (κ1) is 12.1. The number of H-pyrrole nitrogens is 1. The minimum atomic E-state index is 0.687. The number of nitrogens with one attached hydrogen (secondary N) is 2. The molecule has 0 amide bonds. The molecule has 20 heavy (non-hydrogen) atoms. The maximum Gasteiger partial charge on any atom is 0.140 e. The van der Waals surface area contributed by atoms with Gasteiger partial charge in [0.05, 0.1) is 10.2 Å². The van der Waals surface area contributed by atoms with Crippen molar-refractivity contribution in [3.8, 4) is 11.4 Å². The van der Waals surface area contributed by atoms with E-state index in [2.05, 4.69) is 31.7 Å². The summed E-state index contributed by atoms with van der Waals surface area (Å²) in [5.41, 5.74) is 4.34. The minimum Gasteiger partial charge on any atom is -0.343 e. The molecule has 100 valence electrons. The first-order valence-electron chi connectivity index (χ1n) is 6.48. The second kappa shape index (κ2) is 4.73. The molecule has 0 atom stereocenters. The van der Waals surface area contributed by atoms with Gasteiger partial charge < -0.3 is 10.3 Å². The average Bonchev–Trinajstić information content (AvgIpc) is 2.94. The van der Waals surface area contributed by atoms with Gasteiger partial charge in [0.25, 0.3) is 0 Å². The molecule has 0 saturated heterocycles.